The van der Waals surface area contributed by atoms with E-state index >= 15 is 0 Å². The van der Waals surface area contributed by atoms with Crippen molar-refractivity contribution in [3.63, 3.8) is 0 Å². The first-order valence-electron chi connectivity index (χ1n) is 8.51. The number of imidazole rings is 1. The largest absolute Gasteiger partial charge is 0.478 e. The maximum Gasteiger partial charge on any atom is 0.357 e. The highest BCUT2D eigenvalue weighted by atomic mass is 32.1. The quantitative estimate of drug-likeness (QED) is 0.514. The monoisotopic (exact) mass is 389 g/mol. The van der Waals surface area contributed by atoms with Gasteiger partial charge in [-0.25, -0.2) is 14.6 Å². The number of hydrogen-bond acceptors (Lipinski definition) is 4. The summed E-state index contributed by atoms with van der Waals surface area (Å²) in [5, 5.41) is 8.99. The van der Waals surface area contributed by atoms with Crippen LogP contribution in [-0.4, -0.2) is 15.5 Å². The number of furan rings is 1. The van der Waals surface area contributed by atoms with Crippen molar-refractivity contribution in [2.75, 3.05) is 0 Å². The van der Waals surface area contributed by atoms with Gasteiger partial charge in [0.05, 0.1) is 5.56 Å². The van der Waals surface area contributed by atoms with E-state index in [9.17, 15) is 9.59 Å². The lowest BCUT2D eigenvalue weighted by Crippen LogP contribution is -2.22. The number of carboxylic acids is 1. The average molecular weight is 389 g/mol. The maximum absolute atomic E-state index is 12.8. The zero-order chi connectivity index (χ0) is 19.3. The predicted molar refractivity (Wildman–Crippen MR) is 105 cm³/mol. The van der Waals surface area contributed by atoms with Gasteiger partial charge in [0.25, 0.3) is 0 Å². The van der Waals surface area contributed by atoms with Crippen LogP contribution >= 0.6 is 11.3 Å². The summed E-state index contributed by atoms with van der Waals surface area (Å²) < 4.78 is 8.07. The normalized spacial score (nSPS) is 12.2. The minimum Gasteiger partial charge on any atom is -0.478 e. The van der Waals surface area contributed by atoms with Crippen LogP contribution in [0.2, 0.25) is 0 Å². The molecule has 0 aliphatic rings. The van der Waals surface area contributed by atoms with Gasteiger partial charge in [0.2, 0.25) is 0 Å². The summed E-state index contributed by atoms with van der Waals surface area (Å²) in [6.07, 6.45) is 1.72. The van der Waals surface area contributed by atoms with E-state index in [-0.39, 0.29) is 11.1 Å². The van der Waals surface area contributed by atoms with E-state index < -0.39 is 5.97 Å². The molecule has 0 spiro atoms. The maximum atomic E-state index is 12.8. The van der Waals surface area contributed by atoms with Gasteiger partial charge in [-0.05, 0) is 47.7 Å². The second-order valence-electron chi connectivity index (χ2n) is 6.28. The number of rotatable bonds is 3. The number of carbonyl (C=O) groups is 1. The van der Waals surface area contributed by atoms with Crippen LogP contribution < -0.4 is 15.1 Å². The molecule has 2 aromatic carbocycles. The Kier molecular flexibility index (Phi) is 3.63. The molecule has 0 atom stereocenters. The molecule has 0 aliphatic heterocycles. The second kappa shape index (κ2) is 6.17. The Morgan fingerprint density at radius 3 is 2.64 bits per heavy atom. The Morgan fingerprint density at radius 2 is 1.86 bits per heavy atom. The smallest absolute Gasteiger partial charge is 0.357 e. The van der Waals surface area contributed by atoms with Gasteiger partial charge in [-0.3, -0.25) is 0 Å². The van der Waals surface area contributed by atoms with Crippen molar-refractivity contribution in [2.45, 2.75) is 0 Å². The van der Waals surface area contributed by atoms with E-state index in [0.29, 0.717) is 16.1 Å². The van der Waals surface area contributed by atoms with Gasteiger partial charge in [-0.15, -0.1) is 4.40 Å². The van der Waals surface area contributed by atoms with Crippen molar-refractivity contribution < 1.29 is 19.3 Å². The summed E-state index contributed by atoms with van der Waals surface area (Å²) in [7, 11) is 0. The molecular weight excluding hydrogens is 376 g/mol. The highest BCUT2D eigenvalue weighted by Crippen LogP contribution is 2.23. The van der Waals surface area contributed by atoms with Crippen molar-refractivity contribution in [1.29, 1.82) is 0 Å². The molecule has 136 valence electrons. The molecule has 0 radical (unpaired) electrons. The van der Waals surface area contributed by atoms with Crippen molar-refractivity contribution in [3.05, 3.63) is 86.9 Å². The molecule has 28 heavy (non-hydrogen) atoms. The van der Waals surface area contributed by atoms with Gasteiger partial charge >= 0.3 is 16.5 Å². The standard InChI is InChI=1S/C21H12N2O4S/c24-19-18(28-21-22-15-3-1-2-4-16(15)23(19)21)11-14-9-10-17(27-14)12-5-7-13(8-6-12)20(25)26/h1-11H,(H,25,26)/p+1. The molecule has 0 fully saturated rings. The molecule has 5 rings (SSSR count). The first kappa shape index (κ1) is 16.5. The van der Waals surface area contributed by atoms with E-state index in [4.69, 9.17) is 9.52 Å². The summed E-state index contributed by atoms with van der Waals surface area (Å²) in [5.41, 5.74) is 2.65. The molecule has 6 nitrogen and oxygen atoms in total. The number of fused-ring (bicyclic) bond motifs is 3. The van der Waals surface area contributed by atoms with Crippen molar-refractivity contribution >= 4 is 39.4 Å². The van der Waals surface area contributed by atoms with Gasteiger partial charge < -0.3 is 9.52 Å². The molecule has 7 heteroatoms. The zero-order valence-electron chi connectivity index (χ0n) is 14.4. The van der Waals surface area contributed by atoms with Crippen LogP contribution in [0.3, 0.4) is 0 Å². The number of thiazole rings is 1. The molecule has 0 aliphatic carbocycles. The van der Waals surface area contributed by atoms with Crippen LogP contribution in [0.1, 0.15) is 16.1 Å². The van der Waals surface area contributed by atoms with Crippen LogP contribution in [0, 0.1) is 0 Å². The Balaban J connectivity index is 1.56. The second-order valence-corrected chi connectivity index (χ2v) is 7.31. The fraction of sp³-hybridized carbons (Fsp3) is 0. The van der Waals surface area contributed by atoms with Crippen molar-refractivity contribution in [3.8, 4) is 11.3 Å². The SMILES string of the molecule is O=C(O)c1ccc(-c2ccc(C=c3sc4[nH+]c5ccccc5n4c3=O)o2)cc1. The fourth-order valence-electron chi connectivity index (χ4n) is 3.17. The molecule has 0 bridgehead atoms. The zero-order valence-corrected chi connectivity index (χ0v) is 15.2. The molecular formula is C21H13N2O4S+. The van der Waals surface area contributed by atoms with Crippen LogP contribution in [-0.2, 0) is 0 Å². The summed E-state index contributed by atoms with van der Waals surface area (Å²) in [6.45, 7) is 0. The number of benzene rings is 2. The van der Waals surface area contributed by atoms with Gasteiger partial charge in [0.15, 0.2) is 11.0 Å². The Bertz CT molecular complexity index is 1460. The Labute approximate surface area is 161 Å². The molecule has 3 aromatic heterocycles. The van der Waals surface area contributed by atoms with Crippen LogP contribution in [0.15, 0.2) is 69.9 Å². The predicted octanol–water partition coefficient (Wildman–Crippen LogP) is 2.83. The van der Waals surface area contributed by atoms with E-state index in [1.807, 2.05) is 24.3 Å². The lowest BCUT2D eigenvalue weighted by atomic mass is 10.1. The van der Waals surface area contributed by atoms with Crippen LogP contribution in [0.5, 0.6) is 0 Å². The lowest BCUT2D eigenvalue weighted by molar-refractivity contribution is -0.308. The molecule has 3 heterocycles. The average Bonchev–Trinajstić information content (AvgIpc) is 3.38. The van der Waals surface area contributed by atoms with Crippen molar-refractivity contribution in [2.24, 2.45) is 0 Å². The summed E-state index contributed by atoms with van der Waals surface area (Å²) in [6, 6.07) is 17.7. The Morgan fingerprint density at radius 1 is 1.07 bits per heavy atom. The highest BCUT2D eigenvalue weighted by molar-refractivity contribution is 7.14. The molecule has 0 saturated heterocycles. The molecule has 0 saturated carbocycles. The number of para-hydroxylation sites is 2. The first-order chi connectivity index (χ1) is 13.6. The highest BCUT2D eigenvalue weighted by Gasteiger charge is 2.18. The summed E-state index contributed by atoms with van der Waals surface area (Å²) in [4.78, 5) is 27.8. The summed E-state index contributed by atoms with van der Waals surface area (Å²) in [5.74, 6) is 0.195. The van der Waals surface area contributed by atoms with Crippen molar-refractivity contribution in [1.82, 2.24) is 4.40 Å². The van der Waals surface area contributed by atoms with Crippen LogP contribution in [0.25, 0.3) is 33.4 Å². The summed E-state index contributed by atoms with van der Waals surface area (Å²) >= 11 is 1.37. The third-order valence-electron chi connectivity index (χ3n) is 4.53. The van der Waals surface area contributed by atoms with Gasteiger partial charge in [-0.1, -0.05) is 24.3 Å². The van der Waals surface area contributed by atoms with E-state index in [2.05, 4.69) is 4.98 Å². The molecule has 5 aromatic rings. The van der Waals surface area contributed by atoms with E-state index in [0.717, 1.165) is 21.6 Å². The number of nitrogens with zero attached hydrogens (tertiary/aromatic N) is 1. The number of nitrogens with one attached hydrogen (secondary N) is 1. The third-order valence-corrected chi connectivity index (χ3v) is 5.52. The number of aromatic nitrogens is 2. The number of carboxylic acid groups (broad SMARTS) is 1. The molecule has 0 amide bonds. The number of H-pyrrole nitrogens is 1. The lowest BCUT2D eigenvalue weighted by Gasteiger charge is -1.98. The van der Waals surface area contributed by atoms with E-state index in [1.165, 1.54) is 23.5 Å². The van der Waals surface area contributed by atoms with Gasteiger partial charge in [0, 0.05) is 11.6 Å². The minimum absolute atomic E-state index is 0.0961. The number of aromatic amines is 1. The topological polar surface area (TPSA) is 86.1 Å². The fourth-order valence-corrected chi connectivity index (χ4v) is 4.16. The van der Waals surface area contributed by atoms with Gasteiger partial charge in [-0.2, -0.15) is 0 Å². The van der Waals surface area contributed by atoms with E-state index in [1.54, 1.807) is 34.7 Å². The van der Waals surface area contributed by atoms with Crippen LogP contribution in [0.4, 0.5) is 0 Å². The number of aromatic carboxylic acids is 1. The minimum atomic E-state index is -0.971. The molecule has 2 N–H and O–H groups in total. The number of hydrogen-bond donors (Lipinski definition) is 1. The third kappa shape index (κ3) is 2.60. The van der Waals surface area contributed by atoms with Gasteiger partial charge in [0.1, 0.15) is 16.1 Å². The first-order valence-corrected chi connectivity index (χ1v) is 9.32. The molecule has 0 unspecified atom stereocenters. The Hall–Kier alpha value is -3.71.